The van der Waals surface area contributed by atoms with Gasteiger partial charge in [0.1, 0.15) is 6.61 Å². The molecule has 0 spiro atoms. The van der Waals surface area contributed by atoms with Crippen LogP contribution < -0.4 is 14.8 Å². The van der Waals surface area contributed by atoms with Crippen LogP contribution in [0.3, 0.4) is 0 Å². The fourth-order valence-electron chi connectivity index (χ4n) is 2.93. The summed E-state index contributed by atoms with van der Waals surface area (Å²) in [5.74, 6) is 1.52. The molecular formula is C21H21N3O4S. The number of nitrogens with one attached hydrogen (secondary N) is 1. The number of aryl methyl sites for hydroxylation is 2. The van der Waals surface area contributed by atoms with Gasteiger partial charge in [-0.05, 0) is 44.5 Å². The van der Waals surface area contributed by atoms with Crippen molar-refractivity contribution < 1.29 is 18.7 Å². The maximum Gasteiger partial charge on any atom is 0.277 e. The molecule has 7 nitrogen and oxygen atoms in total. The van der Waals surface area contributed by atoms with Crippen LogP contribution in [0.1, 0.15) is 30.0 Å². The number of rotatable bonds is 5. The molecule has 2 heterocycles. The highest BCUT2D eigenvalue weighted by Crippen LogP contribution is 2.36. The third-order valence-corrected chi connectivity index (χ3v) is 5.43. The van der Waals surface area contributed by atoms with E-state index in [1.165, 1.54) is 11.8 Å². The lowest BCUT2D eigenvalue weighted by molar-refractivity contribution is -0.115. The molecule has 1 aliphatic rings. The van der Waals surface area contributed by atoms with Crippen LogP contribution in [-0.2, 0) is 4.79 Å². The molecule has 0 fully saturated rings. The van der Waals surface area contributed by atoms with E-state index >= 15 is 0 Å². The zero-order valence-corrected chi connectivity index (χ0v) is 17.2. The molecule has 0 saturated heterocycles. The molecule has 0 bridgehead atoms. The number of benzene rings is 2. The van der Waals surface area contributed by atoms with E-state index in [0.29, 0.717) is 22.6 Å². The quantitative estimate of drug-likeness (QED) is 0.626. The second kappa shape index (κ2) is 8.16. The van der Waals surface area contributed by atoms with Crippen molar-refractivity contribution in [3.8, 4) is 11.5 Å². The molecule has 8 heteroatoms. The molecule has 1 amide bonds. The molecule has 0 unspecified atom stereocenters. The minimum atomic E-state index is -0.480. The lowest BCUT2D eigenvalue weighted by Gasteiger charge is -2.23. The summed E-state index contributed by atoms with van der Waals surface area (Å²) >= 11 is 1.20. The molecule has 1 aliphatic heterocycles. The number of nitrogens with zero attached hydrogens (tertiary/aromatic N) is 2. The van der Waals surface area contributed by atoms with Crippen molar-refractivity contribution in [2.45, 2.75) is 37.3 Å². The number of carbonyl (C=O) groups excluding carboxylic acids is 1. The normalized spacial score (nSPS) is 16.3. The minimum absolute atomic E-state index is 0.132. The van der Waals surface area contributed by atoms with Crippen LogP contribution in [-0.4, -0.2) is 28.0 Å². The third-order valence-electron chi connectivity index (χ3n) is 4.49. The number of fused-ring (bicyclic) bond motifs is 1. The Morgan fingerprint density at radius 2 is 1.97 bits per heavy atom. The number of aromatic nitrogens is 2. The molecule has 29 heavy (non-hydrogen) atoms. The first-order valence-corrected chi connectivity index (χ1v) is 10.1. The highest BCUT2D eigenvalue weighted by Gasteiger charge is 2.28. The summed E-state index contributed by atoms with van der Waals surface area (Å²) in [6.45, 7) is 6.06. The second-order valence-corrected chi connectivity index (χ2v) is 8.13. The van der Waals surface area contributed by atoms with Crippen LogP contribution in [0.4, 0.5) is 5.69 Å². The number of carbonyl (C=O) groups is 1. The first-order chi connectivity index (χ1) is 14.0. The first kappa shape index (κ1) is 19.3. The number of thioether (sulfide) groups is 1. The topological polar surface area (TPSA) is 86.5 Å². The van der Waals surface area contributed by atoms with E-state index in [4.69, 9.17) is 13.9 Å². The van der Waals surface area contributed by atoms with E-state index in [1.807, 2.05) is 56.3 Å². The second-order valence-electron chi connectivity index (χ2n) is 6.84. The van der Waals surface area contributed by atoms with Crippen molar-refractivity contribution in [3.63, 3.8) is 0 Å². The third kappa shape index (κ3) is 4.37. The van der Waals surface area contributed by atoms with Gasteiger partial charge in [-0.3, -0.25) is 4.79 Å². The van der Waals surface area contributed by atoms with Gasteiger partial charge in [0.25, 0.3) is 11.1 Å². The molecule has 4 rings (SSSR count). The maximum absolute atomic E-state index is 12.5. The van der Waals surface area contributed by atoms with Crippen molar-refractivity contribution >= 4 is 23.4 Å². The van der Waals surface area contributed by atoms with Gasteiger partial charge >= 0.3 is 0 Å². The van der Waals surface area contributed by atoms with E-state index in [9.17, 15) is 4.79 Å². The van der Waals surface area contributed by atoms with Crippen LogP contribution in [0.15, 0.2) is 52.1 Å². The van der Waals surface area contributed by atoms with E-state index in [-0.39, 0.29) is 12.5 Å². The van der Waals surface area contributed by atoms with Gasteiger partial charge in [0.15, 0.2) is 11.5 Å². The van der Waals surface area contributed by atoms with E-state index in [0.717, 1.165) is 16.8 Å². The van der Waals surface area contributed by atoms with E-state index < -0.39 is 11.4 Å². The highest BCUT2D eigenvalue weighted by atomic mass is 32.2. The Morgan fingerprint density at radius 3 is 2.76 bits per heavy atom. The van der Waals surface area contributed by atoms with Crippen molar-refractivity contribution in [1.29, 1.82) is 0 Å². The maximum atomic E-state index is 12.5. The summed E-state index contributed by atoms with van der Waals surface area (Å²) in [7, 11) is 0. The summed E-state index contributed by atoms with van der Waals surface area (Å²) in [6.07, 6.45) is -0.480. The summed E-state index contributed by atoms with van der Waals surface area (Å²) in [5.41, 5.74) is 2.97. The zero-order valence-electron chi connectivity index (χ0n) is 16.3. The number of amides is 1. The fraction of sp³-hybridized carbons (Fsp3) is 0.286. The zero-order chi connectivity index (χ0) is 20.4. The molecule has 3 aromatic rings. The molecule has 0 aliphatic carbocycles. The molecular weight excluding hydrogens is 390 g/mol. The van der Waals surface area contributed by atoms with E-state index in [1.54, 1.807) is 6.92 Å². The van der Waals surface area contributed by atoms with Crippen LogP contribution in [0, 0.1) is 13.8 Å². The van der Waals surface area contributed by atoms with Gasteiger partial charge < -0.3 is 19.2 Å². The van der Waals surface area contributed by atoms with Gasteiger partial charge in [0.05, 0.1) is 5.25 Å². The minimum Gasteiger partial charge on any atom is -0.485 e. The average Bonchev–Trinajstić information content (AvgIpc) is 3.18. The Morgan fingerprint density at radius 1 is 1.17 bits per heavy atom. The Labute approximate surface area is 172 Å². The van der Waals surface area contributed by atoms with Gasteiger partial charge in [-0.25, -0.2) is 0 Å². The van der Waals surface area contributed by atoms with Crippen molar-refractivity contribution in [1.82, 2.24) is 10.2 Å². The number of hydrogen-bond donors (Lipinski definition) is 1. The van der Waals surface area contributed by atoms with Crippen molar-refractivity contribution in [3.05, 3.63) is 59.5 Å². The summed E-state index contributed by atoms with van der Waals surface area (Å²) in [5, 5.41) is 10.9. The van der Waals surface area contributed by atoms with Crippen LogP contribution in [0.5, 0.6) is 11.5 Å². The SMILES string of the molecule is Cc1ccc(NC(=O)[C@H](C)Sc2nnc([C@@H]3COc4ccccc4O3)o2)c(C)c1. The Bertz CT molecular complexity index is 1040. The van der Waals surface area contributed by atoms with Gasteiger partial charge in [0.2, 0.25) is 12.0 Å². The molecule has 0 saturated carbocycles. The Kier molecular flexibility index (Phi) is 5.44. The van der Waals surface area contributed by atoms with Gasteiger partial charge in [-0.2, -0.15) is 0 Å². The van der Waals surface area contributed by atoms with Gasteiger partial charge in [-0.15, -0.1) is 10.2 Å². The number of hydrogen-bond acceptors (Lipinski definition) is 7. The summed E-state index contributed by atoms with van der Waals surface area (Å²) < 4.78 is 17.3. The predicted octanol–water partition coefficient (Wildman–Crippen LogP) is 4.32. The molecule has 2 aromatic carbocycles. The molecule has 0 radical (unpaired) electrons. The van der Waals surface area contributed by atoms with Gasteiger partial charge in [0, 0.05) is 5.69 Å². The first-order valence-electron chi connectivity index (χ1n) is 9.26. The number of para-hydroxylation sites is 2. The van der Waals surface area contributed by atoms with Crippen molar-refractivity contribution in [2.75, 3.05) is 11.9 Å². The molecule has 1 aromatic heterocycles. The highest BCUT2D eigenvalue weighted by molar-refractivity contribution is 8.00. The van der Waals surface area contributed by atoms with Crippen LogP contribution in [0.25, 0.3) is 0 Å². The lowest BCUT2D eigenvalue weighted by atomic mass is 10.1. The van der Waals surface area contributed by atoms with Gasteiger partial charge in [-0.1, -0.05) is 41.6 Å². The predicted molar refractivity (Wildman–Crippen MR) is 109 cm³/mol. The lowest BCUT2D eigenvalue weighted by Crippen LogP contribution is -2.23. The smallest absolute Gasteiger partial charge is 0.277 e. The monoisotopic (exact) mass is 411 g/mol. The average molecular weight is 411 g/mol. The largest absolute Gasteiger partial charge is 0.485 e. The Balaban J connectivity index is 1.38. The standard InChI is InChI=1S/C21H21N3O4S/c1-12-8-9-15(13(2)10-12)22-19(25)14(3)29-21-24-23-20(28-21)18-11-26-16-6-4-5-7-17(16)27-18/h4-10,14,18H,11H2,1-3H3,(H,22,25)/t14-,18-/m0/s1. The van der Waals surface area contributed by atoms with Crippen LogP contribution >= 0.6 is 11.8 Å². The number of anilines is 1. The number of ether oxygens (including phenoxy) is 2. The molecule has 1 N–H and O–H groups in total. The molecule has 150 valence electrons. The Hall–Kier alpha value is -3.00. The fourth-order valence-corrected chi connectivity index (χ4v) is 3.62. The van der Waals surface area contributed by atoms with Crippen molar-refractivity contribution in [2.24, 2.45) is 0 Å². The molecule has 2 atom stereocenters. The summed E-state index contributed by atoms with van der Waals surface area (Å²) in [4.78, 5) is 12.5. The summed E-state index contributed by atoms with van der Waals surface area (Å²) in [6, 6.07) is 13.3. The van der Waals surface area contributed by atoms with E-state index in [2.05, 4.69) is 15.5 Å². The van der Waals surface area contributed by atoms with Crippen LogP contribution in [0.2, 0.25) is 0 Å².